The molecule has 2 saturated heterocycles. The number of ether oxygens (including phenoxy) is 5. The molecule has 1 amide bonds. The summed E-state index contributed by atoms with van der Waals surface area (Å²) < 4.78 is 27.9. The molecule has 3 N–H and O–H groups in total. The van der Waals surface area contributed by atoms with Crippen molar-refractivity contribution in [1.29, 1.82) is 0 Å². The largest absolute Gasteiger partial charge is 0.465 e. The van der Waals surface area contributed by atoms with Gasteiger partial charge in [-0.1, -0.05) is 24.3 Å². The summed E-state index contributed by atoms with van der Waals surface area (Å²) in [7, 11) is 1.33. The van der Waals surface area contributed by atoms with E-state index in [9.17, 15) is 9.59 Å². The van der Waals surface area contributed by atoms with Gasteiger partial charge in [-0.3, -0.25) is 5.32 Å². The van der Waals surface area contributed by atoms with Crippen LogP contribution in [0.3, 0.4) is 0 Å². The lowest BCUT2D eigenvalue weighted by Gasteiger charge is -2.20. The molecule has 4 unspecified atom stereocenters. The van der Waals surface area contributed by atoms with E-state index in [1.807, 2.05) is 30.3 Å². The molecule has 39 heavy (non-hydrogen) atoms. The van der Waals surface area contributed by atoms with Gasteiger partial charge in [0.1, 0.15) is 23.7 Å². The SMILES string of the molecule is COC(=O)c1cccc(NC(=S)NC2COC3C(OC(=O)Nc4ccc(Oc5ccccc5)cc4)COC23)c1. The van der Waals surface area contributed by atoms with E-state index in [1.165, 1.54) is 7.11 Å². The van der Waals surface area contributed by atoms with E-state index in [4.69, 9.17) is 35.9 Å². The third kappa shape index (κ3) is 6.63. The number of nitrogens with one attached hydrogen (secondary N) is 3. The lowest BCUT2D eigenvalue weighted by atomic mass is 10.1. The maximum atomic E-state index is 12.5. The number of benzene rings is 3. The van der Waals surface area contributed by atoms with Crippen molar-refractivity contribution >= 4 is 40.8 Å². The number of hydrogen-bond donors (Lipinski definition) is 3. The fraction of sp³-hybridized carbons (Fsp3) is 0.250. The summed E-state index contributed by atoms with van der Waals surface area (Å²) in [6.45, 7) is 0.524. The van der Waals surface area contributed by atoms with Gasteiger partial charge in [-0.15, -0.1) is 0 Å². The van der Waals surface area contributed by atoms with Crippen molar-refractivity contribution in [2.75, 3.05) is 31.0 Å². The minimum atomic E-state index is -0.608. The van der Waals surface area contributed by atoms with Gasteiger partial charge in [-0.05, 0) is 66.8 Å². The Morgan fingerprint density at radius 3 is 2.36 bits per heavy atom. The second-order valence-corrected chi connectivity index (χ2v) is 9.29. The molecular formula is C28H27N3O7S. The zero-order chi connectivity index (χ0) is 27.2. The number of carbonyl (C=O) groups excluding carboxylic acids is 2. The number of hydrogen-bond acceptors (Lipinski definition) is 8. The summed E-state index contributed by atoms with van der Waals surface area (Å²) in [4.78, 5) is 24.3. The highest BCUT2D eigenvalue weighted by atomic mass is 32.1. The highest BCUT2D eigenvalue weighted by Gasteiger charge is 2.49. The molecule has 0 aromatic heterocycles. The standard InChI is InChI=1S/C28H27N3O7S/c1-34-26(32)17-6-5-7-19(14-17)29-27(39)31-22-15-35-25-23(16-36-24(22)25)38-28(33)30-18-10-12-21(13-11-18)37-20-8-3-2-4-9-20/h2-14,22-25H,15-16H2,1H3,(H,30,33)(H2,29,31,39). The van der Waals surface area contributed by atoms with Gasteiger partial charge in [0, 0.05) is 11.4 Å². The third-order valence-electron chi connectivity index (χ3n) is 6.20. The van der Waals surface area contributed by atoms with Crippen molar-refractivity contribution in [1.82, 2.24) is 5.32 Å². The van der Waals surface area contributed by atoms with Gasteiger partial charge in [0.15, 0.2) is 11.2 Å². The van der Waals surface area contributed by atoms with Crippen molar-refractivity contribution in [3.05, 3.63) is 84.4 Å². The van der Waals surface area contributed by atoms with Crippen LogP contribution in [0.25, 0.3) is 0 Å². The molecule has 0 radical (unpaired) electrons. The summed E-state index contributed by atoms with van der Waals surface area (Å²) in [5.41, 5.74) is 1.61. The van der Waals surface area contributed by atoms with E-state index in [0.29, 0.717) is 34.4 Å². The summed E-state index contributed by atoms with van der Waals surface area (Å²) >= 11 is 5.43. The Labute approximate surface area is 230 Å². The first-order chi connectivity index (χ1) is 19.0. The van der Waals surface area contributed by atoms with Gasteiger partial charge in [-0.25, -0.2) is 9.59 Å². The monoisotopic (exact) mass is 549 g/mol. The Hall–Kier alpha value is -4.19. The van der Waals surface area contributed by atoms with Gasteiger partial charge >= 0.3 is 12.1 Å². The number of methoxy groups -OCH3 is 1. The molecule has 202 valence electrons. The number of carbonyl (C=O) groups is 2. The molecule has 2 heterocycles. The minimum Gasteiger partial charge on any atom is -0.465 e. The molecule has 2 aliphatic heterocycles. The van der Waals surface area contributed by atoms with Crippen molar-refractivity contribution in [2.24, 2.45) is 0 Å². The summed E-state index contributed by atoms with van der Waals surface area (Å²) in [6, 6.07) is 23.0. The molecule has 2 fully saturated rings. The first-order valence-corrected chi connectivity index (χ1v) is 12.7. The summed E-state index contributed by atoms with van der Waals surface area (Å²) in [5.74, 6) is 0.934. The second-order valence-electron chi connectivity index (χ2n) is 8.88. The van der Waals surface area contributed by atoms with Crippen molar-refractivity contribution in [2.45, 2.75) is 24.4 Å². The fourth-order valence-electron chi connectivity index (χ4n) is 4.38. The van der Waals surface area contributed by atoms with Crippen LogP contribution in [0.2, 0.25) is 0 Å². The van der Waals surface area contributed by atoms with Crippen LogP contribution in [0.15, 0.2) is 78.9 Å². The third-order valence-corrected chi connectivity index (χ3v) is 6.42. The molecular weight excluding hydrogens is 522 g/mol. The van der Waals surface area contributed by atoms with E-state index in [0.717, 1.165) is 5.75 Å². The lowest BCUT2D eigenvalue weighted by Crippen LogP contribution is -2.46. The fourth-order valence-corrected chi connectivity index (χ4v) is 4.65. The van der Waals surface area contributed by atoms with Crippen LogP contribution in [0, 0.1) is 0 Å². The average molecular weight is 550 g/mol. The smallest absolute Gasteiger partial charge is 0.412 e. The van der Waals surface area contributed by atoms with Crippen molar-refractivity contribution in [3.63, 3.8) is 0 Å². The average Bonchev–Trinajstić information content (AvgIpc) is 3.53. The zero-order valence-electron chi connectivity index (χ0n) is 21.0. The van der Waals surface area contributed by atoms with Crippen LogP contribution in [0.5, 0.6) is 11.5 Å². The van der Waals surface area contributed by atoms with Gasteiger partial charge < -0.3 is 34.3 Å². The number of para-hydroxylation sites is 1. The molecule has 2 aliphatic rings. The van der Waals surface area contributed by atoms with E-state index in [2.05, 4.69) is 16.0 Å². The van der Waals surface area contributed by atoms with Gasteiger partial charge in [0.2, 0.25) is 0 Å². The quantitative estimate of drug-likeness (QED) is 0.290. The van der Waals surface area contributed by atoms with E-state index >= 15 is 0 Å². The highest BCUT2D eigenvalue weighted by molar-refractivity contribution is 7.80. The molecule has 0 bridgehead atoms. The summed E-state index contributed by atoms with van der Waals surface area (Å²) in [5, 5.41) is 9.30. The maximum Gasteiger partial charge on any atom is 0.412 e. The molecule has 0 aliphatic carbocycles. The van der Waals surface area contributed by atoms with Crippen molar-refractivity contribution < 1.29 is 33.3 Å². The van der Waals surface area contributed by atoms with Gasteiger partial charge in [0.05, 0.1) is 31.9 Å². The van der Waals surface area contributed by atoms with Gasteiger partial charge in [-0.2, -0.15) is 0 Å². The number of amides is 1. The number of esters is 1. The Morgan fingerprint density at radius 2 is 1.59 bits per heavy atom. The lowest BCUT2D eigenvalue weighted by molar-refractivity contribution is 0.00880. The number of rotatable bonds is 7. The second kappa shape index (κ2) is 12.1. The zero-order valence-corrected chi connectivity index (χ0v) is 21.8. The van der Waals surface area contributed by atoms with Crippen LogP contribution in [0.4, 0.5) is 16.2 Å². The van der Waals surface area contributed by atoms with E-state index in [-0.39, 0.29) is 18.8 Å². The van der Waals surface area contributed by atoms with Crippen molar-refractivity contribution in [3.8, 4) is 11.5 Å². The molecule has 4 atom stereocenters. The Kier molecular flexibility index (Phi) is 8.21. The van der Waals surface area contributed by atoms with Crippen LogP contribution >= 0.6 is 12.2 Å². The number of fused-ring (bicyclic) bond motifs is 1. The topological polar surface area (TPSA) is 116 Å². The highest BCUT2D eigenvalue weighted by Crippen LogP contribution is 2.29. The Balaban J connectivity index is 1.09. The predicted octanol–water partition coefficient (Wildman–Crippen LogP) is 4.34. The van der Waals surface area contributed by atoms with Crippen LogP contribution in [-0.2, 0) is 18.9 Å². The molecule has 11 heteroatoms. The number of anilines is 2. The van der Waals surface area contributed by atoms with Crippen LogP contribution < -0.4 is 20.7 Å². The Bertz CT molecular complexity index is 1320. The minimum absolute atomic E-state index is 0.201. The Morgan fingerprint density at radius 1 is 0.846 bits per heavy atom. The molecule has 5 rings (SSSR count). The van der Waals surface area contributed by atoms with Gasteiger partial charge in [0.25, 0.3) is 0 Å². The molecule has 3 aromatic carbocycles. The van der Waals surface area contributed by atoms with E-state index in [1.54, 1.807) is 48.5 Å². The predicted molar refractivity (Wildman–Crippen MR) is 147 cm³/mol. The number of thiocarbonyl (C=S) groups is 1. The van der Waals surface area contributed by atoms with Crippen LogP contribution in [-0.4, -0.2) is 61.9 Å². The van der Waals surface area contributed by atoms with Crippen LogP contribution in [0.1, 0.15) is 10.4 Å². The first-order valence-electron chi connectivity index (χ1n) is 12.3. The first kappa shape index (κ1) is 26.4. The normalized spacial score (nSPS) is 21.4. The molecule has 3 aromatic rings. The van der Waals surface area contributed by atoms with E-state index < -0.39 is 24.3 Å². The molecule has 0 spiro atoms. The maximum absolute atomic E-state index is 12.5. The molecule has 0 saturated carbocycles. The summed E-state index contributed by atoms with van der Waals surface area (Å²) in [6.07, 6.45) is -1.96. The molecule has 10 nitrogen and oxygen atoms in total.